The lowest BCUT2D eigenvalue weighted by Crippen LogP contribution is -2.45. The highest BCUT2D eigenvalue weighted by Gasteiger charge is 2.34. The predicted molar refractivity (Wildman–Crippen MR) is 114 cm³/mol. The lowest BCUT2D eigenvalue weighted by molar-refractivity contribution is -0.134. The van der Waals surface area contributed by atoms with E-state index in [4.69, 9.17) is 14.9 Å². The summed E-state index contributed by atoms with van der Waals surface area (Å²) < 4.78 is 6.10. The Morgan fingerprint density at radius 3 is 2.42 bits per heavy atom. The fourth-order valence-electron chi connectivity index (χ4n) is 3.70. The van der Waals surface area contributed by atoms with E-state index in [0.29, 0.717) is 36.2 Å². The molecule has 0 saturated heterocycles. The second-order valence-electron chi connectivity index (χ2n) is 7.95. The third kappa shape index (κ3) is 8.01. The summed E-state index contributed by atoms with van der Waals surface area (Å²) in [6, 6.07) is 4.02. The Balaban J connectivity index is 0.000000366. The molecule has 1 aromatic heterocycles. The molecule has 3 rings (SSSR count). The van der Waals surface area contributed by atoms with Gasteiger partial charge in [0.05, 0.1) is 6.54 Å². The molecule has 0 spiro atoms. The van der Waals surface area contributed by atoms with Gasteiger partial charge in [-0.1, -0.05) is 19.3 Å². The van der Waals surface area contributed by atoms with Crippen LogP contribution in [0.15, 0.2) is 30.5 Å². The average Bonchev–Trinajstić information content (AvgIpc) is 2.88. The molecular weight excluding hydrogens is 402 g/mol. The minimum absolute atomic E-state index is 0.0134. The Morgan fingerprint density at radius 1 is 1.19 bits per heavy atom. The van der Waals surface area contributed by atoms with E-state index in [9.17, 15) is 14.4 Å². The second kappa shape index (κ2) is 12.0. The van der Waals surface area contributed by atoms with E-state index in [1.54, 1.807) is 6.20 Å². The molecule has 2 N–H and O–H groups in total. The van der Waals surface area contributed by atoms with Crippen LogP contribution in [0.5, 0.6) is 5.88 Å². The summed E-state index contributed by atoms with van der Waals surface area (Å²) in [5, 5.41) is 15.6. The van der Waals surface area contributed by atoms with Crippen molar-refractivity contribution in [1.82, 2.24) is 14.8 Å². The van der Waals surface area contributed by atoms with E-state index < -0.39 is 11.9 Å². The molecule has 31 heavy (non-hydrogen) atoms. The van der Waals surface area contributed by atoms with Crippen LogP contribution in [-0.4, -0.2) is 82.2 Å². The molecule has 1 atom stereocenters. The van der Waals surface area contributed by atoms with Gasteiger partial charge in [0, 0.05) is 30.9 Å². The molecule has 9 heteroatoms. The monoisotopic (exact) mass is 433 g/mol. The van der Waals surface area contributed by atoms with Crippen LogP contribution in [-0.2, 0) is 9.59 Å². The van der Waals surface area contributed by atoms with Crippen molar-refractivity contribution in [2.24, 2.45) is 0 Å². The van der Waals surface area contributed by atoms with Crippen LogP contribution in [0, 0.1) is 0 Å². The Morgan fingerprint density at radius 2 is 1.84 bits per heavy atom. The standard InChI is InChI=1S/C18H27N3O2.C4H4O4/c1-20(2)12-10-15-13-21(14-7-4-3-5-8-14)18(22)16-9-6-11-19-17(16)23-15;5-3(6)1-2-4(7)8/h6,9,11,14-15H,3-5,7-8,10,12-13H2,1-2H3;1-2H,(H,5,6)(H,7,8)/b;2-1+. The highest BCUT2D eigenvalue weighted by molar-refractivity contribution is 5.97. The van der Waals surface area contributed by atoms with Crippen molar-refractivity contribution in [2.45, 2.75) is 50.7 Å². The minimum atomic E-state index is -1.26. The summed E-state index contributed by atoms with van der Waals surface area (Å²) in [6.45, 7) is 1.62. The van der Waals surface area contributed by atoms with Gasteiger partial charge >= 0.3 is 11.9 Å². The molecular formula is C22H31N3O6. The molecule has 1 aliphatic heterocycles. The van der Waals surface area contributed by atoms with Crippen molar-refractivity contribution >= 4 is 17.8 Å². The Hall–Kier alpha value is -2.94. The molecule has 2 heterocycles. The van der Waals surface area contributed by atoms with E-state index in [0.717, 1.165) is 25.8 Å². The summed E-state index contributed by atoms with van der Waals surface area (Å²) in [7, 11) is 4.12. The number of ether oxygens (including phenoxy) is 1. The molecule has 1 unspecified atom stereocenters. The first-order valence-corrected chi connectivity index (χ1v) is 10.5. The van der Waals surface area contributed by atoms with Crippen LogP contribution >= 0.6 is 0 Å². The molecule has 2 aliphatic rings. The summed E-state index contributed by atoms with van der Waals surface area (Å²) in [4.78, 5) is 40.6. The minimum Gasteiger partial charge on any atom is -0.478 e. The van der Waals surface area contributed by atoms with Crippen LogP contribution in [0.25, 0.3) is 0 Å². The molecule has 1 aliphatic carbocycles. The Bertz CT molecular complexity index is 773. The van der Waals surface area contributed by atoms with E-state index in [2.05, 4.69) is 28.9 Å². The summed E-state index contributed by atoms with van der Waals surface area (Å²) >= 11 is 0. The van der Waals surface area contributed by atoms with Crippen LogP contribution in [0.1, 0.15) is 48.9 Å². The number of carbonyl (C=O) groups is 3. The fourth-order valence-corrected chi connectivity index (χ4v) is 3.70. The van der Waals surface area contributed by atoms with Crippen molar-refractivity contribution < 1.29 is 29.3 Å². The highest BCUT2D eigenvalue weighted by Crippen LogP contribution is 2.29. The molecule has 1 aromatic rings. The van der Waals surface area contributed by atoms with Gasteiger partial charge in [-0.2, -0.15) is 0 Å². The first-order chi connectivity index (χ1) is 14.8. The van der Waals surface area contributed by atoms with Gasteiger partial charge in [-0.15, -0.1) is 0 Å². The number of carbonyl (C=O) groups excluding carboxylic acids is 1. The van der Waals surface area contributed by atoms with Gasteiger partial charge in [0.2, 0.25) is 5.88 Å². The number of hydrogen-bond acceptors (Lipinski definition) is 6. The topological polar surface area (TPSA) is 120 Å². The predicted octanol–water partition coefficient (Wildman–Crippen LogP) is 2.28. The zero-order chi connectivity index (χ0) is 22.8. The number of nitrogens with zero attached hydrogens (tertiary/aromatic N) is 3. The maximum Gasteiger partial charge on any atom is 0.328 e. The molecule has 0 aromatic carbocycles. The summed E-state index contributed by atoms with van der Waals surface area (Å²) in [5.41, 5.74) is 0.616. The number of rotatable bonds is 6. The lowest BCUT2D eigenvalue weighted by atomic mass is 9.93. The molecule has 1 fully saturated rings. The second-order valence-corrected chi connectivity index (χ2v) is 7.95. The Labute approximate surface area is 182 Å². The van der Waals surface area contributed by atoms with Crippen molar-refractivity contribution in [3.63, 3.8) is 0 Å². The molecule has 0 bridgehead atoms. The van der Waals surface area contributed by atoms with Gasteiger partial charge in [0.25, 0.3) is 5.91 Å². The zero-order valence-electron chi connectivity index (χ0n) is 18.1. The van der Waals surface area contributed by atoms with Gasteiger partial charge < -0.3 is 24.7 Å². The van der Waals surface area contributed by atoms with Crippen LogP contribution < -0.4 is 4.74 Å². The van der Waals surface area contributed by atoms with Crippen LogP contribution in [0.3, 0.4) is 0 Å². The number of carboxylic acid groups (broad SMARTS) is 2. The van der Waals surface area contributed by atoms with E-state index >= 15 is 0 Å². The van der Waals surface area contributed by atoms with Crippen molar-refractivity contribution in [1.29, 1.82) is 0 Å². The molecule has 1 saturated carbocycles. The van der Waals surface area contributed by atoms with Gasteiger partial charge in [0.15, 0.2) is 0 Å². The molecule has 170 valence electrons. The Kier molecular flexibility index (Phi) is 9.45. The third-order valence-corrected chi connectivity index (χ3v) is 5.22. The largest absolute Gasteiger partial charge is 0.478 e. The number of aliphatic carboxylic acids is 2. The third-order valence-electron chi connectivity index (χ3n) is 5.22. The van der Waals surface area contributed by atoms with E-state index in [1.165, 1.54) is 19.3 Å². The fraction of sp³-hybridized carbons (Fsp3) is 0.545. The van der Waals surface area contributed by atoms with Gasteiger partial charge in [0.1, 0.15) is 11.7 Å². The van der Waals surface area contributed by atoms with Crippen LogP contribution in [0.4, 0.5) is 0 Å². The SMILES string of the molecule is CN(C)CCC1CN(C2CCCCC2)C(=O)c2cccnc2O1.O=C(O)/C=C/C(=O)O. The van der Waals surface area contributed by atoms with Gasteiger partial charge in [-0.3, -0.25) is 4.79 Å². The molecule has 9 nitrogen and oxygen atoms in total. The average molecular weight is 434 g/mol. The van der Waals surface area contributed by atoms with Crippen molar-refractivity contribution in [3.05, 3.63) is 36.0 Å². The van der Waals surface area contributed by atoms with Gasteiger partial charge in [-0.05, 0) is 45.5 Å². The quantitative estimate of drug-likeness (QED) is 0.656. The highest BCUT2D eigenvalue weighted by atomic mass is 16.5. The van der Waals surface area contributed by atoms with E-state index in [-0.39, 0.29) is 12.0 Å². The van der Waals surface area contributed by atoms with Crippen molar-refractivity contribution in [2.75, 3.05) is 27.2 Å². The van der Waals surface area contributed by atoms with Gasteiger partial charge in [-0.25, -0.2) is 14.6 Å². The van der Waals surface area contributed by atoms with Crippen molar-refractivity contribution in [3.8, 4) is 5.88 Å². The maximum absolute atomic E-state index is 13.0. The summed E-state index contributed by atoms with van der Waals surface area (Å²) in [5.74, 6) is -1.92. The smallest absolute Gasteiger partial charge is 0.328 e. The molecule has 0 radical (unpaired) electrons. The maximum atomic E-state index is 13.0. The number of hydrogen-bond donors (Lipinski definition) is 2. The van der Waals surface area contributed by atoms with Crippen LogP contribution in [0.2, 0.25) is 0 Å². The number of amides is 1. The number of aromatic nitrogens is 1. The number of fused-ring (bicyclic) bond motifs is 1. The normalized spacial score (nSPS) is 19.3. The first kappa shape index (κ1) is 24.3. The van der Waals surface area contributed by atoms with E-state index in [1.807, 2.05) is 12.1 Å². The summed E-state index contributed by atoms with van der Waals surface area (Å²) in [6.07, 6.45) is 9.69. The first-order valence-electron chi connectivity index (χ1n) is 10.5. The number of pyridine rings is 1. The molecule has 1 amide bonds. The zero-order valence-corrected chi connectivity index (χ0v) is 18.1. The number of carboxylic acids is 2. The lowest BCUT2D eigenvalue weighted by Gasteiger charge is -2.34.